The van der Waals surface area contributed by atoms with E-state index in [4.69, 9.17) is 20.8 Å². The van der Waals surface area contributed by atoms with Crippen LogP contribution in [0.4, 0.5) is 0 Å². The standard InChI is InChI=1S/C10H12ClN3O2S/c1-15-5-3-12-6-8-13-14-10(17-8)7-2-4-16-9(7)11/h2,4,12H,3,5-6H2,1H3. The second kappa shape index (κ2) is 6.11. The molecule has 0 aliphatic carbocycles. The van der Waals surface area contributed by atoms with Gasteiger partial charge < -0.3 is 14.5 Å². The molecule has 0 aromatic carbocycles. The highest BCUT2D eigenvalue weighted by molar-refractivity contribution is 7.14. The van der Waals surface area contributed by atoms with Gasteiger partial charge in [0.15, 0.2) is 5.01 Å². The molecular formula is C10H12ClN3O2S. The molecule has 0 amide bonds. The number of nitrogens with zero attached hydrogens (tertiary/aromatic N) is 2. The first-order valence-corrected chi connectivity index (χ1v) is 6.26. The van der Waals surface area contributed by atoms with Crippen molar-refractivity contribution < 1.29 is 9.15 Å². The molecular weight excluding hydrogens is 262 g/mol. The van der Waals surface area contributed by atoms with E-state index in [1.54, 1.807) is 13.2 Å². The van der Waals surface area contributed by atoms with Crippen molar-refractivity contribution in [2.24, 2.45) is 0 Å². The van der Waals surface area contributed by atoms with Gasteiger partial charge in [0.2, 0.25) is 5.22 Å². The van der Waals surface area contributed by atoms with Crippen molar-refractivity contribution >= 4 is 22.9 Å². The van der Waals surface area contributed by atoms with Crippen LogP contribution in [0, 0.1) is 0 Å². The lowest BCUT2D eigenvalue weighted by Gasteiger charge is -1.99. The smallest absolute Gasteiger partial charge is 0.203 e. The van der Waals surface area contributed by atoms with E-state index in [2.05, 4.69) is 15.5 Å². The summed E-state index contributed by atoms with van der Waals surface area (Å²) in [6.45, 7) is 2.15. The van der Waals surface area contributed by atoms with Gasteiger partial charge in [-0.15, -0.1) is 10.2 Å². The molecule has 2 rings (SSSR count). The van der Waals surface area contributed by atoms with Crippen molar-refractivity contribution in [1.82, 2.24) is 15.5 Å². The average molecular weight is 274 g/mol. The molecule has 17 heavy (non-hydrogen) atoms. The molecule has 0 saturated heterocycles. The number of halogens is 1. The van der Waals surface area contributed by atoms with Crippen LogP contribution in [0.3, 0.4) is 0 Å². The van der Waals surface area contributed by atoms with Gasteiger partial charge in [0, 0.05) is 20.2 Å². The minimum Gasteiger partial charge on any atom is -0.452 e. The Bertz CT molecular complexity index is 472. The number of ether oxygens (including phenoxy) is 1. The van der Waals surface area contributed by atoms with Crippen LogP contribution in [-0.4, -0.2) is 30.5 Å². The van der Waals surface area contributed by atoms with Crippen molar-refractivity contribution in [2.45, 2.75) is 6.54 Å². The van der Waals surface area contributed by atoms with Gasteiger partial charge in [0.25, 0.3) is 0 Å². The van der Waals surface area contributed by atoms with Crippen LogP contribution in [0.5, 0.6) is 0 Å². The van der Waals surface area contributed by atoms with Crippen molar-refractivity contribution in [3.63, 3.8) is 0 Å². The number of hydrogen-bond acceptors (Lipinski definition) is 6. The zero-order chi connectivity index (χ0) is 12.1. The van der Waals surface area contributed by atoms with E-state index in [0.29, 0.717) is 18.4 Å². The van der Waals surface area contributed by atoms with Gasteiger partial charge in [0.05, 0.1) is 18.4 Å². The van der Waals surface area contributed by atoms with Crippen LogP contribution < -0.4 is 5.32 Å². The molecule has 0 fully saturated rings. The molecule has 5 nitrogen and oxygen atoms in total. The maximum absolute atomic E-state index is 5.87. The van der Waals surface area contributed by atoms with E-state index in [1.807, 2.05) is 0 Å². The monoisotopic (exact) mass is 273 g/mol. The van der Waals surface area contributed by atoms with Crippen LogP contribution in [0.15, 0.2) is 16.7 Å². The van der Waals surface area contributed by atoms with Crippen LogP contribution in [0.1, 0.15) is 5.01 Å². The fourth-order valence-corrected chi connectivity index (χ4v) is 2.34. The molecule has 0 radical (unpaired) electrons. The lowest BCUT2D eigenvalue weighted by Crippen LogP contribution is -2.18. The van der Waals surface area contributed by atoms with Crippen molar-refractivity contribution in [1.29, 1.82) is 0 Å². The van der Waals surface area contributed by atoms with E-state index in [1.165, 1.54) is 17.6 Å². The number of rotatable bonds is 6. The van der Waals surface area contributed by atoms with Gasteiger partial charge in [0.1, 0.15) is 5.01 Å². The highest BCUT2D eigenvalue weighted by atomic mass is 35.5. The van der Waals surface area contributed by atoms with E-state index >= 15 is 0 Å². The SMILES string of the molecule is COCCNCc1nnc(-c2ccoc2Cl)s1. The van der Waals surface area contributed by atoms with Crippen molar-refractivity contribution in [3.8, 4) is 10.6 Å². The van der Waals surface area contributed by atoms with E-state index < -0.39 is 0 Å². The molecule has 0 aliphatic heterocycles. The van der Waals surface area contributed by atoms with E-state index in [-0.39, 0.29) is 0 Å². The first kappa shape index (κ1) is 12.5. The summed E-state index contributed by atoms with van der Waals surface area (Å²) in [5.74, 6) is 0. The molecule has 1 N–H and O–H groups in total. The number of nitrogens with one attached hydrogen (secondary N) is 1. The molecule has 0 bridgehead atoms. The minimum absolute atomic E-state index is 0.347. The predicted octanol–water partition coefficient (Wildman–Crippen LogP) is 2.19. The maximum atomic E-state index is 5.87. The van der Waals surface area contributed by atoms with Gasteiger partial charge in [-0.25, -0.2) is 0 Å². The Balaban J connectivity index is 1.95. The van der Waals surface area contributed by atoms with Gasteiger partial charge in [-0.05, 0) is 17.7 Å². The van der Waals surface area contributed by atoms with Crippen LogP contribution >= 0.6 is 22.9 Å². The summed E-state index contributed by atoms with van der Waals surface area (Å²) in [6, 6.07) is 1.78. The number of methoxy groups -OCH3 is 1. The number of furan rings is 1. The Hall–Kier alpha value is -0.950. The second-order valence-corrected chi connectivity index (χ2v) is 4.68. The fraction of sp³-hybridized carbons (Fsp3) is 0.400. The first-order valence-electron chi connectivity index (χ1n) is 5.06. The molecule has 0 saturated carbocycles. The molecule has 0 spiro atoms. The van der Waals surface area contributed by atoms with Crippen molar-refractivity contribution in [3.05, 3.63) is 22.6 Å². The highest BCUT2D eigenvalue weighted by Gasteiger charge is 2.11. The predicted molar refractivity (Wildman–Crippen MR) is 66.2 cm³/mol. The molecule has 0 unspecified atom stereocenters. The Morgan fingerprint density at radius 2 is 2.41 bits per heavy atom. The Kier molecular flexibility index (Phi) is 4.49. The molecule has 0 atom stereocenters. The normalized spacial score (nSPS) is 10.9. The third-order valence-corrected chi connectivity index (χ3v) is 3.32. The summed E-state index contributed by atoms with van der Waals surface area (Å²) in [4.78, 5) is 0. The summed E-state index contributed by atoms with van der Waals surface area (Å²) in [5.41, 5.74) is 0.785. The molecule has 92 valence electrons. The third-order valence-electron chi connectivity index (χ3n) is 2.07. The average Bonchev–Trinajstić information content (AvgIpc) is 2.93. The first-order chi connectivity index (χ1) is 8.31. The lowest BCUT2D eigenvalue weighted by atomic mass is 10.4. The third kappa shape index (κ3) is 3.26. The van der Waals surface area contributed by atoms with Gasteiger partial charge in [-0.2, -0.15) is 0 Å². The quantitative estimate of drug-likeness (QED) is 0.818. The largest absolute Gasteiger partial charge is 0.452 e. The molecule has 2 aromatic rings. The Labute approximate surface area is 108 Å². The molecule has 2 aromatic heterocycles. The maximum Gasteiger partial charge on any atom is 0.203 e. The zero-order valence-electron chi connectivity index (χ0n) is 9.27. The summed E-state index contributed by atoms with van der Waals surface area (Å²) in [7, 11) is 1.67. The van der Waals surface area contributed by atoms with Gasteiger partial charge >= 0.3 is 0 Å². The van der Waals surface area contributed by atoms with Crippen molar-refractivity contribution in [2.75, 3.05) is 20.3 Å². The zero-order valence-corrected chi connectivity index (χ0v) is 10.8. The minimum atomic E-state index is 0.347. The molecule has 2 heterocycles. The number of hydrogen-bond donors (Lipinski definition) is 1. The summed E-state index contributed by atoms with van der Waals surface area (Å²) in [6.07, 6.45) is 1.54. The lowest BCUT2D eigenvalue weighted by molar-refractivity contribution is 0.199. The summed E-state index contributed by atoms with van der Waals surface area (Å²) >= 11 is 7.36. The fourth-order valence-electron chi connectivity index (χ4n) is 1.25. The van der Waals surface area contributed by atoms with Crippen LogP contribution in [-0.2, 0) is 11.3 Å². The second-order valence-electron chi connectivity index (χ2n) is 3.28. The summed E-state index contributed by atoms with van der Waals surface area (Å²) < 4.78 is 9.95. The number of aromatic nitrogens is 2. The molecule has 7 heteroatoms. The topological polar surface area (TPSA) is 60.2 Å². The Morgan fingerprint density at radius 3 is 3.12 bits per heavy atom. The van der Waals surface area contributed by atoms with E-state index in [9.17, 15) is 0 Å². The van der Waals surface area contributed by atoms with Gasteiger partial charge in [-0.1, -0.05) is 11.3 Å². The van der Waals surface area contributed by atoms with Crippen LogP contribution in [0.25, 0.3) is 10.6 Å². The highest BCUT2D eigenvalue weighted by Crippen LogP contribution is 2.30. The van der Waals surface area contributed by atoms with Crippen LogP contribution in [0.2, 0.25) is 5.22 Å². The molecule has 0 aliphatic rings. The Morgan fingerprint density at radius 1 is 1.53 bits per heavy atom. The van der Waals surface area contributed by atoms with Gasteiger partial charge in [-0.3, -0.25) is 0 Å². The van der Waals surface area contributed by atoms with E-state index in [0.717, 1.165) is 22.1 Å². The summed E-state index contributed by atoms with van der Waals surface area (Å²) in [5, 5.41) is 13.4.